The second-order valence-corrected chi connectivity index (χ2v) is 4.25. The Morgan fingerprint density at radius 1 is 1.44 bits per heavy atom. The highest BCUT2D eigenvalue weighted by Gasteiger charge is 2.30. The Kier molecular flexibility index (Phi) is 1.80. The molecule has 0 aliphatic heterocycles. The predicted molar refractivity (Wildman–Crippen MR) is 58.5 cm³/mol. The van der Waals surface area contributed by atoms with Gasteiger partial charge in [-0.2, -0.15) is 0 Å². The van der Waals surface area contributed by atoms with Crippen LogP contribution in [0.25, 0.3) is 11.1 Å². The number of ketones is 1. The van der Waals surface area contributed by atoms with Crippen molar-refractivity contribution >= 4 is 16.9 Å². The minimum absolute atomic E-state index is 0.176. The molecular weight excluding hydrogens is 206 g/mol. The van der Waals surface area contributed by atoms with Gasteiger partial charge in [0.1, 0.15) is 0 Å². The SMILES string of the molecule is Cn1c(=O)oc2ccc(C(=O)C3CC3)cc21. The molecule has 16 heavy (non-hydrogen) atoms. The van der Waals surface area contributed by atoms with Gasteiger partial charge in [0.15, 0.2) is 11.4 Å². The third kappa shape index (κ3) is 1.30. The van der Waals surface area contributed by atoms with Crippen molar-refractivity contribution in [2.24, 2.45) is 13.0 Å². The molecule has 4 nitrogen and oxygen atoms in total. The van der Waals surface area contributed by atoms with Gasteiger partial charge in [-0.25, -0.2) is 4.79 Å². The van der Waals surface area contributed by atoms with Crippen molar-refractivity contribution in [1.82, 2.24) is 4.57 Å². The molecule has 1 aliphatic carbocycles. The van der Waals surface area contributed by atoms with Crippen LogP contribution >= 0.6 is 0 Å². The van der Waals surface area contributed by atoms with Gasteiger partial charge in [-0.3, -0.25) is 9.36 Å². The van der Waals surface area contributed by atoms with E-state index in [2.05, 4.69) is 0 Å². The first-order valence-corrected chi connectivity index (χ1v) is 5.30. The van der Waals surface area contributed by atoms with Crippen LogP contribution in [0.4, 0.5) is 0 Å². The highest BCUT2D eigenvalue weighted by Crippen LogP contribution is 2.33. The van der Waals surface area contributed by atoms with Gasteiger partial charge in [-0.1, -0.05) is 0 Å². The first kappa shape index (κ1) is 9.39. The van der Waals surface area contributed by atoms with Crippen LogP contribution < -0.4 is 5.76 Å². The maximum absolute atomic E-state index is 11.9. The van der Waals surface area contributed by atoms with E-state index in [4.69, 9.17) is 4.42 Å². The van der Waals surface area contributed by atoms with E-state index in [1.807, 2.05) is 0 Å². The van der Waals surface area contributed by atoms with E-state index in [1.165, 1.54) is 4.57 Å². The lowest BCUT2D eigenvalue weighted by Gasteiger charge is -1.98. The average Bonchev–Trinajstić information content (AvgIpc) is 3.07. The Balaban J connectivity index is 2.17. The molecule has 1 saturated carbocycles. The van der Waals surface area contributed by atoms with E-state index in [-0.39, 0.29) is 11.7 Å². The van der Waals surface area contributed by atoms with Crippen LogP contribution in [0.3, 0.4) is 0 Å². The molecule has 0 unspecified atom stereocenters. The van der Waals surface area contributed by atoms with Crippen molar-refractivity contribution in [3.05, 3.63) is 34.3 Å². The van der Waals surface area contributed by atoms with Crippen LogP contribution in [0.2, 0.25) is 0 Å². The lowest BCUT2D eigenvalue weighted by molar-refractivity contribution is 0.0968. The van der Waals surface area contributed by atoms with E-state index in [0.29, 0.717) is 16.7 Å². The largest absolute Gasteiger partial charge is 0.419 e. The molecule has 82 valence electrons. The topological polar surface area (TPSA) is 52.2 Å². The van der Waals surface area contributed by atoms with Crippen molar-refractivity contribution in [3.8, 4) is 0 Å². The Morgan fingerprint density at radius 2 is 2.19 bits per heavy atom. The minimum atomic E-state index is -0.397. The predicted octanol–water partition coefficient (Wildman–Crippen LogP) is 1.72. The molecule has 1 fully saturated rings. The smallest absolute Gasteiger partial charge is 0.408 e. The van der Waals surface area contributed by atoms with Crippen molar-refractivity contribution in [2.75, 3.05) is 0 Å². The standard InChI is InChI=1S/C12H11NO3/c1-13-9-6-8(11(14)7-2-3-7)4-5-10(9)16-12(13)15/h4-7H,2-3H2,1H3. The average molecular weight is 217 g/mol. The van der Waals surface area contributed by atoms with Crippen molar-refractivity contribution in [3.63, 3.8) is 0 Å². The van der Waals surface area contributed by atoms with E-state index < -0.39 is 5.76 Å². The van der Waals surface area contributed by atoms with Gasteiger partial charge in [0, 0.05) is 18.5 Å². The van der Waals surface area contributed by atoms with E-state index in [0.717, 1.165) is 12.8 Å². The molecule has 1 aliphatic rings. The maximum Gasteiger partial charge on any atom is 0.419 e. The zero-order chi connectivity index (χ0) is 11.3. The summed E-state index contributed by atoms with van der Waals surface area (Å²) in [6.45, 7) is 0. The fraction of sp³-hybridized carbons (Fsp3) is 0.333. The summed E-state index contributed by atoms with van der Waals surface area (Å²) in [4.78, 5) is 23.1. The minimum Gasteiger partial charge on any atom is -0.408 e. The van der Waals surface area contributed by atoms with Gasteiger partial charge in [0.2, 0.25) is 0 Å². The number of nitrogens with zero attached hydrogens (tertiary/aromatic N) is 1. The van der Waals surface area contributed by atoms with Crippen LogP contribution in [0.1, 0.15) is 23.2 Å². The van der Waals surface area contributed by atoms with Crippen LogP contribution in [-0.4, -0.2) is 10.4 Å². The molecule has 4 heteroatoms. The number of aromatic nitrogens is 1. The van der Waals surface area contributed by atoms with Crippen LogP contribution in [0, 0.1) is 5.92 Å². The molecule has 3 rings (SSSR count). The molecule has 0 spiro atoms. The number of oxazole rings is 1. The maximum atomic E-state index is 11.9. The highest BCUT2D eigenvalue weighted by molar-refractivity contribution is 6.01. The lowest BCUT2D eigenvalue weighted by Crippen LogP contribution is -2.08. The highest BCUT2D eigenvalue weighted by atomic mass is 16.4. The van der Waals surface area contributed by atoms with Gasteiger partial charge >= 0.3 is 5.76 Å². The quantitative estimate of drug-likeness (QED) is 0.720. The van der Waals surface area contributed by atoms with Crippen LogP contribution in [0.5, 0.6) is 0 Å². The van der Waals surface area contributed by atoms with Gasteiger partial charge in [0.25, 0.3) is 0 Å². The van der Waals surface area contributed by atoms with E-state index in [9.17, 15) is 9.59 Å². The number of hydrogen-bond acceptors (Lipinski definition) is 3. The summed E-state index contributed by atoms with van der Waals surface area (Å²) in [6, 6.07) is 5.15. The molecule has 0 amide bonds. The molecule has 1 aromatic heterocycles. The summed E-state index contributed by atoms with van der Waals surface area (Å²) in [5.41, 5.74) is 1.88. The van der Waals surface area contributed by atoms with Crippen LogP contribution in [-0.2, 0) is 7.05 Å². The van der Waals surface area contributed by atoms with Crippen molar-refractivity contribution in [1.29, 1.82) is 0 Å². The zero-order valence-electron chi connectivity index (χ0n) is 8.90. The third-order valence-electron chi connectivity index (χ3n) is 3.02. The summed E-state index contributed by atoms with van der Waals surface area (Å²) in [5, 5.41) is 0. The Morgan fingerprint density at radius 3 is 2.88 bits per heavy atom. The molecule has 1 aromatic carbocycles. The Hall–Kier alpha value is -1.84. The Labute approximate surface area is 91.5 Å². The molecule has 0 radical (unpaired) electrons. The number of benzene rings is 1. The van der Waals surface area contributed by atoms with Gasteiger partial charge in [0.05, 0.1) is 5.52 Å². The number of carbonyl (C=O) groups is 1. The molecule has 0 saturated heterocycles. The van der Waals surface area contributed by atoms with Gasteiger partial charge < -0.3 is 4.42 Å². The van der Waals surface area contributed by atoms with Gasteiger partial charge in [-0.15, -0.1) is 0 Å². The first-order valence-electron chi connectivity index (χ1n) is 5.30. The fourth-order valence-electron chi connectivity index (χ4n) is 1.86. The van der Waals surface area contributed by atoms with Crippen molar-refractivity contribution < 1.29 is 9.21 Å². The van der Waals surface area contributed by atoms with Crippen LogP contribution in [0.15, 0.2) is 27.4 Å². The summed E-state index contributed by atoms with van der Waals surface area (Å²) >= 11 is 0. The van der Waals surface area contributed by atoms with Crippen molar-refractivity contribution in [2.45, 2.75) is 12.8 Å². The number of fused-ring (bicyclic) bond motifs is 1. The van der Waals surface area contributed by atoms with Gasteiger partial charge in [-0.05, 0) is 31.0 Å². The summed E-state index contributed by atoms with van der Waals surface area (Å²) < 4.78 is 6.42. The molecule has 0 bridgehead atoms. The second-order valence-electron chi connectivity index (χ2n) is 4.25. The Bertz CT molecular complexity index is 631. The summed E-state index contributed by atoms with van der Waals surface area (Å²) in [6.07, 6.45) is 1.97. The second kappa shape index (κ2) is 3.07. The zero-order valence-corrected chi connectivity index (χ0v) is 8.90. The molecular formula is C12H11NO3. The number of carbonyl (C=O) groups excluding carboxylic acids is 1. The normalized spacial score (nSPS) is 15.6. The molecule has 0 atom stereocenters. The van der Waals surface area contributed by atoms with E-state index in [1.54, 1.807) is 25.2 Å². The fourth-order valence-corrected chi connectivity index (χ4v) is 1.86. The monoisotopic (exact) mass is 217 g/mol. The molecule has 1 heterocycles. The summed E-state index contributed by atoms with van der Waals surface area (Å²) in [5.74, 6) is -0.0250. The number of Topliss-reactive ketones (excluding diaryl/α,β-unsaturated/α-hetero) is 1. The molecule has 2 aromatic rings. The third-order valence-corrected chi connectivity index (χ3v) is 3.02. The molecule has 0 N–H and O–H groups in total. The number of rotatable bonds is 2. The number of hydrogen-bond donors (Lipinski definition) is 0. The number of aryl methyl sites for hydroxylation is 1. The summed E-state index contributed by atoms with van der Waals surface area (Å²) in [7, 11) is 1.64. The van der Waals surface area contributed by atoms with E-state index >= 15 is 0 Å². The lowest BCUT2D eigenvalue weighted by atomic mass is 10.1. The first-order chi connectivity index (χ1) is 7.66.